The Morgan fingerprint density at radius 3 is 3.00 bits per heavy atom. The summed E-state index contributed by atoms with van der Waals surface area (Å²) >= 11 is 0. The quantitative estimate of drug-likeness (QED) is 0.804. The van der Waals surface area contributed by atoms with Crippen LogP contribution in [0.4, 0.5) is 0 Å². The number of carbonyl (C=O) groups is 2. The van der Waals surface area contributed by atoms with E-state index in [1.807, 2.05) is 6.07 Å². The smallest absolute Gasteiger partial charge is 0.328 e. The summed E-state index contributed by atoms with van der Waals surface area (Å²) in [4.78, 5) is 23.7. The van der Waals surface area contributed by atoms with Crippen LogP contribution in [0.3, 0.4) is 0 Å². The normalized spacial score (nSPS) is 15.0. The molecule has 0 radical (unpaired) electrons. The van der Waals surface area contributed by atoms with Crippen LogP contribution in [-0.2, 0) is 9.59 Å². The van der Waals surface area contributed by atoms with Crippen molar-refractivity contribution in [3.8, 4) is 5.75 Å². The van der Waals surface area contributed by atoms with E-state index in [1.165, 1.54) is 6.08 Å². The van der Waals surface area contributed by atoms with Gasteiger partial charge in [0.25, 0.3) is 0 Å². The van der Waals surface area contributed by atoms with Gasteiger partial charge in [-0.2, -0.15) is 0 Å². The van der Waals surface area contributed by atoms with E-state index in [4.69, 9.17) is 9.84 Å². The van der Waals surface area contributed by atoms with Gasteiger partial charge in [0.05, 0.1) is 6.54 Å². The fourth-order valence-corrected chi connectivity index (χ4v) is 2.09. The van der Waals surface area contributed by atoms with Crippen LogP contribution in [0.15, 0.2) is 30.3 Å². The van der Waals surface area contributed by atoms with Gasteiger partial charge in [-0.1, -0.05) is 12.1 Å². The SMILES string of the molecule is O=C(O)C=Cc1cccc(OCCN2CCCC2=O)c1. The number of hydrogen-bond donors (Lipinski definition) is 1. The number of carboxylic acid groups (broad SMARTS) is 1. The second kappa shape index (κ2) is 6.75. The molecule has 1 aromatic carbocycles. The van der Waals surface area contributed by atoms with Crippen molar-refractivity contribution in [2.75, 3.05) is 19.7 Å². The van der Waals surface area contributed by atoms with Gasteiger partial charge in [-0.15, -0.1) is 0 Å². The summed E-state index contributed by atoms with van der Waals surface area (Å²) < 4.78 is 5.59. The van der Waals surface area contributed by atoms with E-state index in [0.717, 1.165) is 24.6 Å². The number of carboxylic acids is 1. The average Bonchev–Trinajstić information content (AvgIpc) is 2.83. The van der Waals surface area contributed by atoms with Gasteiger partial charge in [0.1, 0.15) is 12.4 Å². The molecule has 1 heterocycles. The molecule has 20 heavy (non-hydrogen) atoms. The van der Waals surface area contributed by atoms with E-state index in [1.54, 1.807) is 23.1 Å². The lowest BCUT2D eigenvalue weighted by molar-refractivity contribution is -0.131. The minimum absolute atomic E-state index is 0.187. The molecule has 1 aliphatic rings. The Morgan fingerprint density at radius 2 is 2.30 bits per heavy atom. The number of aliphatic carboxylic acids is 1. The third-order valence-corrected chi connectivity index (χ3v) is 3.08. The summed E-state index contributed by atoms with van der Waals surface area (Å²) in [5.74, 6) is -0.125. The molecule has 0 unspecified atom stereocenters. The van der Waals surface area contributed by atoms with Crippen molar-refractivity contribution in [2.24, 2.45) is 0 Å². The molecule has 1 fully saturated rings. The second-order valence-electron chi connectivity index (χ2n) is 4.58. The van der Waals surface area contributed by atoms with Gasteiger partial charge in [-0.05, 0) is 30.2 Å². The van der Waals surface area contributed by atoms with Crippen LogP contribution in [0.5, 0.6) is 5.75 Å². The Bertz CT molecular complexity index is 524. The third-order valence-electron chi connectivity index (χ3n) is 3.08. The van der Waals surface area contributed by atoms with Crippen molar-refractivity contribution in [3.63, 3.8) is 0 Å². The van der Waals surface area contributed by atoms with Gasteiger partial charge < -0.3 is 14.7 Å². The van der Waals surface area contributed by atoms with Crippen LogP contribution in [-0.4, -0.2) is 41.6 Å². The molecule has 0 saturated carbocycles. The Balaban J connectivity index is 1.85. The van der Waals surface area contributed by atoms with Gasteiger partial charge >= 0.3 is 5.97 Å². The molecular formula is C15H17NO4. The fraction of sp³-hybridized carbons (Fsp3) is 0.333. The lowest BCUT2D eigenvalue weighted by Gasteiger charge is -2.15. The van der Waals surface area contributed by atoms with Crippen molar-refractivity contribution >= 4 is 18.0 Å². The minimum atomic E-state index is -0.983. The van der Waals surface area contributed by atoms with E-state index in [2.05, 4.69) is 0 Å². The molecule has 1 aliphatic heterocycles. The number of carbonyl (C=O) groups excluding carboxylic acids is 1. The first kappa shape index (κ1) is 14.1. The van der Waals surface area contributed by atoms with E-state index in [-0.39, 0.29) is 5.91 Å². The number of ether oxygens (including phenoxy) is 1. The van der Waals surface area contributed by atoms with E-state index in [9.17, 15) is 9.59 Å². The molecule has 0 aliphatic carbocycles. The predicted molar refractivity (Wildman–Crippen MR) is 74.4 cm³/mol. The van der Waals surface area contributed by atoms with Gasteiger partial charge in [-0.3, -0.25) is 4.79 Å². The summed E-state index contributed by atoms with van der Waals surface area (Å²) in [6.07, 6.45) is 4.16. The predicted octanol–water partition coefficient (Wildman–Crippen LogP) is 1.79. The zero-order chi connectivity index (χ0) is 14.4. The standard InChI is InChI=1S/C15H17NO4/c17-14-5-2-8-16(14)9-10-20-13-4-1-3-12(11-13)6-7-15(18)19/h1,3-4,6-7,11H,2,5,8-10H2,(H,18,19). The maximum absolute atomic E-state index is 11.4. The Hall–Kier alpha value is -2.30. The third kappa shape index (κ3) is 4.12. The number of nitrogens with zero attached hydrogens (tertiary/aromatic N) is 1. The molecule has 106 valence electrons. The fourth-order valence-electron chi connectivity index (χ4n) is 2.09. The Labute approximate surface area is 117 Å². The van der Waals surface area contributed by atoms with E-state index < -0.39 is 5.97 Å². The molecular weight excluding hydrogens is 258 g/mol. The largest absolute Gasteiger partial charge is 0.492 e. The van der Waals surface area contributed by atoms with Gasteiger partial charge in [0, 0.05) is 19.0 Å². The first-order valence-corrected chi connectivity index (χ1v) is 6.57. The van der Waals surface area contributed by atoms with Gasteiger partial charge in [0.15, 0.2) is 0 Å². The lowest BCUT2D eigenvalue weighted by atomic mass is 10.2. The van der Waals surface area contributed by atoms with E-state index in [0.29, 0.717) is 25.3 Å². The first-order valence-electron chi connectivity index (χ1n) is 6.57. The van der Waals surface area contributed by atoms with Crippen molar-refractivity contribution in [2.45, 2.75) is 12.8 Å². The van der Waals surface area contributed by atoms with Crippen LogP contribution in [0, 0.1) is 0 Å². The van der Waals surface area contributed by atoms with Crippen molar-refractivity contribution in [1.82, 2.24) is 4.90 Å². The molecule has 1 amide bonds. The zero-order valence-electron chi connectivity index (χ0n) is 11.1. The van der Waals surface area contributed by atoms with Crippen LogP contribution in [0.25, 0.3) is 6.08 Å². The molecule has 0 bridgehead atoms. The number of amides is 1. The number of rotatable bonds is 6. The lowest BCUT2D eigenvalue weighted by Crippen LogP contribution is -2.29. The first-order chi connectivity index (χ1) is 9.65. The zero-order valence-corrected chi connectivity index (χ0v) is 11.1. The highest BCUT2D eigenvalue weighted by Gasteiger charge is 2.19. The molecule has 0 aromatic heterocycles. The number of likely N-dealkylation sites (tertiary alicyclic amines) is 1. The molecule has 1 N–H and O–H groups in total. The summed E-state index contributed by atoms with van der Waals surface area (Å²) in [6.45, 7) is 1.84. The van der Waals surface area contributed by atoms with Crippen LogP contribution in [0.2, 0.25) is 0 Å². The highest BCUT2D eigenvalue weighted by molar-refractivity contribution is 5.85. The molecule has 1 aromatic rings. The van der Waals surface area contributed by atoms with Crippen LogP contribution < -0.4 is 4.74 Å². The number of hydrogen-bond acceptors (Lipinski definition) is 3. The van der Waals surface area contributed by atoms with Crippen molar-refractivity contribution in [1.29, 1.82) is 0 Å². The van der Waals surface area contributed by atoms with Crippen molar-refractivity contribution in [3.05, 3.63) is 35.9 Å². The second-order valence-corrected chi connectivity index (χ2v) is 4.58. The topological polar surface area (TPSA) is 66.8 Å². The molecule has 5 heteroatoms. The van der Waals surface area contributed by atoms with Crippen LogP contribution >= 0.6 is 0 Å². The van der Waals surface area contributed by atoms with Gasteiger partial charge in [-0.25, -0.2) is 4.79 Å². The molecule has 0 spiro atoms. The maximum Gasteiger partial charge on any atom is 0.328 e. The summed E-state index contributed by atoms with van der Waals surface area (Å²) in [5.41, 5.74) is 0.766. The van der Waals surface area contributed by atoms with Gasteiger partial charge in [0.2, 0.25) is 5.91 Å². The van der Waals surface area contributed by atoms with Crippen molar-refractivity contribution < 1.29 is 19.4 Å². The highest BCUT2D eigenvalue weighted by atomic mass is 16.5. The summed E-state index contributed by atoms with van der Waals surface area (Å²) in [5, 5.41) is 8.58. The monoisotopic (exact) mass is 275 g/mol. The van der Waals surface area contributed by atoms with E-state index >= 15 is 0 Å². The van der Waals surface area contributed by atoms with Crippen LogP contribution in [0.1, 0.15) is 18.4 Å². The maximum atomic E-state index is 11.4. The Kier molecular flexibility index (Phi) is 4.76. The summed E-state index contributed by atoms with van der Waals surface area (Å²) in [6, 6.07) is 7.18. The summed E-state index contributed by atoms with van der Waals surface area (Å²) in [7, 11) is 0. The minimum Gasteiger partial charge on any atom is -0.492 e. The molecule has 5 nitrogen and oxygen atoms in total. The number of benzene rings is 1. The molecule has 1 saturated heterocycles. The Morgan fingerprint density at radius 1 is 1.45 bits per heavy atom. The average molecular weight is 275 g/mol. The molecule has 0 atom stereocenters. The molecule has 2 rings (SSSR count). The highest BCUT2D eigenvalue weighted by Crippen LogP contribution is 2.15.